The van der Waals surface area contributed by atoms with E-state index in [-0.39, 0.29) is 24.3 Å². The Bertz CT molecular complexity index is 1150. The molecule has 1 heterocycles. The van der Waals surface area contributed by atoms with Gasteiger partial charge in [-0.1, -0.05) is 24.3 Å². The van der Waals surface area contributed by atoms with E-state index in [0.717, 1.165) is 24.8 Å². The van der Waals surface area contributed by atoms with Crippen molar-refractivity contribution in [3.05, 3.63) is 70.9 Å². The van der Waals surface area contributed by atoms with Crippen molar-refractivity contribution in [2.45, 2.75) is 39.2 Å². The number of amides is 1. The molecular formula is C25H27N3O4. The number of aryl methyl sites for hydroxylation is 2. The van der Waals surface area contributed by atoms with E-state index in [1.807, 2.05) is 17.7 Å². The molecule has 1 amide bonds. The largest absolute Gasteiger partial charge is 0.493 e. The number of nitrogens with one attached hydrogen (secondary N) is 1. The average Bonchev–Trinajstić information content (AvgIpc) is 3.16. The van der Waals surface area contributed by atoms with Crippen LogP contribution >= 0.6 is 0 Å². The number of hydrogen-bond donors (Lipinski definition) is 1. The minimum atomic E-state index is -0.295. The van der Waals surface area contributed by atoms with Crippen molar-refractivity contribution in [2.75, 3.05) is 19.0 Å². The second-order valence-electron chi connectivity index (χ2n) is 7.99. The first-order valence-corrected chi connectivity index (χ1v) is 10.7. The zero-order chi connectivity index (χ0) is 22.7. The Hall–Kier alpha value is -3.61. The summed E-state index contributed by atoms with van der Waals surface area (Å²) in [6.07, 6.45) is 4.88. The zero-order valence-electron chi connectivity index (χ0n) is 18.6. The summed E-state index contributed by atoms with van der Waals surface area (Å²) in [6.45, 7) is 3.22. The van der Waals surface area contributed by atoms with Gasteiger partial charge in [0.15, 0.2) is 23.9 Å². The second kappa shape index (κ2) is 9.26. The molecule has 1 atom stereocenters. The summed E-state index contributed by atoms with van der Waals surface area (Å²) in [4.78, 5) is 24.3. The number of benzene rings is 2. The van der Waals surface area contributed by atoms with Crippen LogP contribution < -0.4 is 14.8 Å². The Labute approximate surface area is 187 Å². The van der Waals surface area contributed by atoms with E-state index in [1.165, 1.54) is 25.2 Å². The van der Waals surface area contributed by atoms with Crippen molar-refractivity contribution in [1.82, 2.24) is 9.78 Å². The Morgan fingerprint density at radius 3 is 2.78 bits per heavy atom. The van der Waals surface area contributed by atoms with Crippen LogP contribution in [0.1, 0.15) is 52.9 Å². The Morgan fingerprint density at radius 1 is 1.19 bits per heavy atom. The van der Waals surface area contributed by atoms with Crippen LogP contribution in [-0.4, -0.2) is 35.2 Å². The first-order valence-electron chi connectivity index (χ1n) is 10.7. The Kier molecular flexibility index (Phi) is 6.25. The van der Waals surface area contributed by atoms with Crippen LogP contribution in [0.2, 0.25) is 0 Å². The first kappa shape index (κ1) is 21.6. The van der Waals surface area contributed by atoms with Gasteiger partial charge < -0.3 is 14.8 Å². The van der Waals surface area contributed by atoms with E-state index in [0.29, 0.717) is 22.9 Å². The molecule has 7 nitrogen and oxygen atoms in total. The molecule has 0 bridgehead atoms. The molecule has 1 N–H and O–H groups in total. The van der Waals surface area contributed by atoms with Crippen LogP contribution in [-0.2, 0) is 11.2 Å². The number of Topliss-reactive ketones (excluding diaryl/α,β-unsaturated/α-hetero) is 1. The Balaban J connectivity index is 1.49. The maximum Gasteiger partial charge on any atom is 0.263 e. The molecule has 0 saturated carbocycles. The lowest BCUT2D eigenvalue weighted by Crippen LogP contribution is -2.25. The van der Waals surface area contributed by atoms with E-state index in [9.17, 15) is 9.59 Å². The van der Waals surface area contributed by atoms with Crippen molar-refractivity contribution in [3.63, 3.8) is 0 Å². The average molecular weight is 434 g/mol. The third-order valence-electron chi connectivity index (χ3n) is 5.80. The van der Waals surface area contributed by atoms with Gasteiger partial charge in [-0.3, -0.25) is 9.59 Å². The lowest BCUT2D eigenvalue weighted by molar-refractivity contribution is -0.118. The predicted molar refractivity (Wildman–Crippen MR) is 122 cm³/mol. The molecular weight excluding hydrogens is 406 g/mol. The third-order valence-corrected chi connectivity index (χ3v) is 5.80. The Morgan fingerprint density at radius 2 is 2.00 bits per heavy atom. The number of anilines is 1. The fraction of sp³-hybridized carbons (Fsp3) is 0.320. The van der Waals surface area contributed by atoms with Crippen LogP contribution in [0.5, 0.6) is 11.5 Å². The highest BCUT2D eigenvalue weighted by Gasteiger charge is 2.25. The van der Waals surface area contributed by atoms with Gasteiger partial charge in [-0.2, -0.15) is 5.10 Å². The minimum absolute atomic E-state index is 0.0689. The van der Waals surface area contributed by atoms with Crippen LogP contribution in [0.15, 0.2) is 48.7 Å². The van der Waals surface area contributed by atoms with Crippen molar-refractivity contribution in [2.24, 2.45) is 0 Å². The highest BCUT2D eigenvalue weighted by Crippen LogP contribution is 2.35. The molecule has 0 fully saturated rings. The molecule has 3 aromatic rings. The van der Waals surface area contributed by atoms with Gasteiger partial charge in [-0.15, -0.1) is 0 Å². The molecule has 7 heteroatoms. The molecule has 1 aliphatic rings. The van der Waals surface area contributed by atoms with E-state index in [2.05, 4.69) is 28.6 Å². The van der Waals surface area contributed by atoms with Gasteiger partial charge in [-0.25, -0.2) is 4.68 Å². The summed E-state index contributed by atoms with van der Waals surface area (Å²) >= 11 is 0. The van der Waals surface area contributed by atoms with Crippen LogP contribution in [0, 0.1) is 6.92 Å². The quantitative estimate of drug-likeness (QED) is 0.560. The summed E-state index contributed by atoms with van der Waals surface area (Å²) in [5, 5.41) is 7.54. The number of methoxy groups -OCH3 is 1. The lowest BCUT2D eigenvalue weighted by Gasteiger charge is -2.27. The van der Waals surface area contributed by atoms with Gasteiger partial charge in [0.2, 0.25) is 0 Å². The van der Waals surface area contributed by atoms with E-state index < -0.39 is 0 Å². The number of rotatable bonds is 7. The third kappa shape index (κ3) is 4.37. The van der Waals surface area contributed by atoms with Crippen molar-refractivity contribution < 1.29 is 19.1 Å². The van der Waals surface area contributed by atoms with Gasteiger partial charge in [0, 0.05) is 11.1 Å². The number of fused-ring (bicyclic) bond motifs is 1. The van der Waals surface area contributed by atoms with Crippen molar-refractivity contribution in [1.29, 1.82) is 0 Å². The molecule has 0 radical (unpaired) electrons. The smallest absolute Gasteiger partial charge is 0.263 e. The maximum absolute atomic E-state index is 12.7. The van der Waals surface area contributed by atoms with Gasteiger partial charge in [0.1, 0.15) is 5.82 Å². The van der Waals surface area contributed by atoms with Gasteiger partial charge in [0.25, 0.3) is 5.91 Å². The van der Waals surface area contributed by atoms with Crippen LogP contribution in [0.25, 0.3) is 0 Å². The van der Waals surface area contributed by atoms with E-state index >= 15 is 0 Å². The molecule has 0 spiro atoms. The van der Waals surface area contributed by atoms with Crippen LogP contribution in [0.3, 0.4) is 0 Å². The summed E-state index contributed by atoms with van der Waals surface area (Å²) in [6, 6.07) is 13.4. The summed E-state index contributed by atoms with van der Waals surface area (Å²) in [5.74, 6) is 1.13. The van der Waals surface area contributed by atoms with Crippen molar-refractivity contribution in [3.8, 4) is 11.5 Å². The normalized spacial score (nSPS) is 15.0. The predicted octanol–water partition coefficient (Wildman–Crippen LogP) is 4.35. The molecule has 4 rings (SSSR count). The number of ether oxygens (including phenoxy) is 2. The molecule has 1 aliphatic carbocycles. The highest BCUT2D eigenvalue weighted by atomic mass is 16.5. The maximum atomic E-state index is 12.7. The number of carbonyl (C=O) groups is 2. The minimum Gasteiger partial charge on any atom is -0.493 e. The molecule has 2 aromatic carbocycles. The van der Waals surface area contributed by atoms with Gasteiger partial charge in [-0.05, 0) is 62.4 Å². The topological polar surface area (TPSA) is 82.4 Å². The lowest BCUT2D eigenvalue weighted by atomic mass is 9.88. The van der Waals surface area contributed by atoms with E-state index in [4.69, 9.17) is 9.47 Å². The summed E-state index contributed by atoms with van der Waals surface area (Å²) in [5.41, 5.74) is 4.00. The van der Waals surface area contributed by atoms with Gasteiger partial charge in [0.05, 0.1) is 19.3 Å². The first-order chi connectivity index (χ1) is 15.5. The molecule has 1 aromatic heterocycles. The number of hydrogen-bond acceptors (Lipinski definition) is 5. The van der Waals surface area contributed by atoms with E-state index in [1.54, 1.807) is 24.4 Å². The summed E-state index contributed by atoms with van der Waals surface area (Å²) < 4.78 is 12.9. The number of carbonyl (C=O) groups excluding carboxylic acids is 2. The molecule has 32 heavy (non-hydrogen) atoms. The van der Waals surface area contributed by atoms with Crippen LogP contribution in [0.4, 0.5) is 5.82 Å². The molecule has 0 aliphatic heterocycles. The SMILES string of the molecule is COc1cc(C(C)=O)ccc1OCC(=O)Nc1c(C)cnn1C1CCCc2ccccc21. The number of aromatic nitrogens is 2. The second-order valence-corrected chi connectivity index (χ2v) is 7.99. The monoisotopic (exact) mass is 433 g/mol. The molecule has 166 valence electrons. The molecule has 1 unspecified atom stereocenters. The number of ketones is 1. The fourth-order valence-corrected chi connectivity index (χ4v) is 4.14. The highest BCUT2D eigenvalue weighted by molar-refractivity contribution is 5.95. The molecule has 0 saturated heterocycles. The summed E-state index contributed by atoms with van der Waals surface area (Å²) in [7, 11) is 1.50. The van der Waals surface area contributed by atoms with Gasteiger partial charge >= 0.3 is 0 Å². The van der Waals surface area contributed by atoms with Crippen molar-refractivity contribution >= 4 is 17.5 Å². The number of nitrogens with zero attached hydrogens (tertiary/aromatic N) is 2. The standard InChI is InChI=1S/C25H27N3O4/c1-16-14-26-28(21-10-6-8-18-7-4-5-9-20(18)21)25(16)27-24(30)15-32-22-12-11-19(17(2)29)13-23(22)31-3/h4-5,7,9,11-14,21H,6,8,10,15H2,1-3H3,(H,27,30). The zero-order valence-corrected chi connectivity index (χ0v) is 18.6. The fourth-order valence-electron chi connectivity index (χ4n) is 4.14.